The molecule has 5 heteroatoms. The molecular weight excluding hydrogens is 319 g/mol. The molecule has 0 aliphatic carbocycles. The second kappa shape index (κ2) is 8.16. The van der Waals surface area contributed by atoms with E-state index in [1.165, 1.54) is 0 Å². The van der Waals surface area contributed by atoms with Gasteiger partial charge in [0.25, 0.3) is 0 Å². The highest BCUT2D eigenvalue weighted by atomic mass is 35.5. The van der Waals surface area contributed by atoms with E-state index in [9.17, 15) is 0 Å². The van der Waals surface area contributed by atoms with Crippen LogP contribution in [0.1, 0.15) is 13.8 Å². The monoisotopic (exact) mass is 338 g/mol. The van der Waals surface area contributed by atoms with Crippen LogP contribution in [0.2, 0.25) is 10.0 Å². The van der Waals surface area contributed by atoms with E-state index in [2.05, 4.69) is 10.6 Å². The summed E-state index contributed by atoms with van der Waals surface area (Å²) in [6, 6.07) is 13.4. The fraction of sp³-hybridized carbons (Fsp3) is 0.294. The number of halogens is 2. The third kappa shape index (κ3) is 5.32. The summed E-state index contributed by atoms with van der Waals surface area (Å²) in [6.45, 7) is 5.54. The standard InChI is InChI=1S/C17H20Cl2N2O/c1-12(2)22-15-5-3-4-14(11-15)20-8-9-21-17-7-6-13(18)10-16(17)19/h3-7,10-12,20-21H,8-9H2,1-2H3. The van der Waals surface area contributed by atoms with Crippen molar-refractivity contribution in [1.82, 2.24) is 0 Å². The van der Waals surface area contributed by atoms with Gasteiger partial charge in [0.2, 0.25) is 0 Å². The lowest BCUT2D eigenvalue weighted by atomic mass is 10.3. The van der Waals surface area contributed by atoms with E-state index in [1.807, 2.05) is 50.2 Å². The minimum atomic E-state index is 0.170. The van der Waals surface area contributed by atoms with Crippen LogP contribution in [-0.2, 0) is 0 Å². The molecule has 0 saturated heterocycles. The topological polar surface area (TPSA) is 33.3 Å². The first-order valence-electron chi connectivity index (χ1n) is 7.24. The smallest absolute Gasteiger partial charge is 0.121 e. The summed E-state index contributed by atoms with van der Waals surface area (Å²) < 4.78 is 5.67. The normalized spacial score (nSPS) is 10.6. The highest BCUT2D eigenvalue weighted by Gasteiger charge is 2.01. The van der Waals surface area contributed by atoms with Crippen LogP contribution in [0, 0.1) is 0 Å². The molecule has 0 unspecified atom stereocenters. The predicted molar refractivity (Wildman–Crippen MR) is 95.6 cm³/mol. The molecule has 2 aromatic rings. The molecule has 0 fully saturated rings. The van der Waals surface area contributed by atoms with Gasteiger partial charge in [-0.3, -0.25) is 0 Å². The SMILES string of the molecule is CC(C)Oc1cccc(NCCNc2ccc(Cl)cc2Cl)c1. The molecule has 0 aromatic heterocycles. The molecule has 3 nitrogen and oxygen atoms in total. The molecule has 2 aromatic carbocycles. The fourth-order valence-corrected chi connectivity index (χ4v) is 2.46. The van der Waals surface area contributed by atoms with Gasteiger partial charge in [-0.05, 0) is 44.2 Å². The van der Waals surface area contributed by atoms with Gasteiger partial charge < -0.3 is 15.4 Å². The Morgan fingerprint density at radius 2 is 1.77 bits per heavy atom. The lowest BCUT2D eigenvalue weighted by molar-refractivity contribution is 0.242. The summed E-state index contributed by atoms with van der Waals surface area (Å²) >= 11 is 12.0. The van der Waals surface area contributed by atoms with Crippen LogP contribution < -0.4 is 15.4 Å². The Morgan fingerprint density at radius 1 is 1.00 bits per heavy atom. The Labute approximate surface area is 141 Å². The Kier molecular flexibility index (Phi) is 6.22. The maximum atomic E-state index is 6.11. The number of benzene rings is 2. The molecule has 0 bridgehead atoms. The molecule has 0 aliphatic heterocycles. The summed E-state index contributed by atoms with van der Waals surface area (Å²) in [5.74, 6) is 0.869. The van der Waals surface area contributed by atoms with E-state index in [-0.39, 0.29) is 6.10 Å². The molecule has 2 N–H and O–H groups in total. The maximum Gasteiger partial charge on any atom is 0.121 e. The van der Waals surface area contributed by atoms with Crippen molar-refractivity contribution in [3.05, 3.63) is 52.5 Å². The van der Waals surface area contributed by atoms with Crippen molar-refractivity contribution in [1.29, 1.82) is 0 Å². The van der Waals surface area contributed by atoms with Crippen molar-refractivity contribution in [2.45, 2.75) is 20.0 Å². The quantitative estimate of drug-likeness (QED) is 0.671. The van der Waals surface area contributed by atoms with E-state index in [1.54, 1.807) is 6.07 Å². The van der Waals surface area contributed by atoms with Crippen LogP contribution in [0.25, 0.3) is 0 Å². The fourth-order valence-electron chi connectivity index (χ4n) is 1.99. The van der Waals surface area contributed by atoms with Crippen LogP contribution in [-0.4, -0.2) is 19.2 Å². The summed E-state index contributed by atoms with van der Waals surface area (Å²) in [5.41, 5.74) is 1.91. The average Bonchev–Trinajstić information content (AvgIpc) is 2.45. The van der Waals surface area contributed by atoms with Crippen LogP contribution >= 0.6 is 23.2 Å². The van der Waals surface area contributed by atoms with Gasteiger partial charge in [0, 0.05) is 29.9 Å². The summed E-state index contributed by atoms with van der Waals surface area (Å²) in [7, 11) is 0. The summed E-state index contributed by atoms with van der Waals surface area (Å²) in [6.07, 6.45) is 0.170. The maximum absolute atomic E-state index is 6.11. The number of hydrogen-bond donors (Lipinski definition) is 2. The minimum absolute atomic E-state index is 0.170. The van der Waals surface area contributed by atoms with Gasteiger partial charge in [-0.1, -0.05) is 29.3 Å². The van der Waals surface area contributed by atoms with Crippen molar-refractivity contribution in [3.63, 3.8) is 0 Å². The molecule has 0 heterocycles. The van der Waals surface area contributed by atoms with Crippen LogP contribution in [0.15, 0.2) is 42.5 Å². The van der Waals surface area contributed by atoms with Gasteiger partial charge in [0.15, 0.2) is 0 Å². The molecule has 0 amide bonds. The van der Waals surface area contributed by atoms with Crippen molar-refractivity contribution in [2.75, 3.05) is 23.7 Å². The first-order valence-corrected chi connectivity index (χ1v) is 7.99. The molecule has 2 rings (SSSR count). The predicted octanol–water partition coefficient (Wildman–Crippen LogP) is 5.30. The second-order valence-electron chi connectivity index (χ2n) is 5.17. The number of anilines is 2. The van der Waals surface area contributed by atoms with E-state index in [4.69, 9.17) is 27.9 Å². The van der Waals surface area contributed by atoms with E-state index < -0.39 is 0 Å². The Bertz CT molecular complexity index is 617. The Hall–Kier alpha value is -1.58. The van der Waals surface area contributed by atoms with Gasteiger partial charge in [-0.15, -0.1) is 0 Å². The third-order valence-corrected chi connectivity index (χ3v) is 3.45. The number of ether oxygens (including phenoxy) is 1. The molecule has 22 heavy (non-hydrogen) atoms. The van der Waals surface area contributed by atoms with E-state index >= 15 is 0 Å². The van der Waals surface area contributed by atoms with Gasteiger partial charge >= 0.3 is 0 Å². The molecule has 0 aliphatic rings. The van der Waals surface area contributed by atoms with Crippen molar-refractivity contribution in [2.24, 2.45) is 0 Å². The number of rotatable bonds is 7. The largest absolute Gasteiger partial charge is 0.491 e. The summed E-state index contributed by atoms with van der Waals surface area (Å²) in [5, 5.41) is 7.88. The van der Waals surface area contributed by atoms with Gasteiger partial charge in [-0.25, -0.2) is 0 Å². The summed E-state index contributed by atoms with van der Waals surface area (Å²) in [4.78, 5) is 0. The van der Waals surface area contributed by atoms with Crippen LogP contribution in [0.3, 0.4) is 0 Å². The second-order valence-corrected chi connectivity index (χ2v) is 6.02. The molecule has 0 atom stereocenters. The molecular formula is C17H20Cl2N2O. The lowest BCUT2D eigenvalue weighted by Crippen LogP contribution is -2.14. The van der Waals surface area contributed by atoms with E-state index in [0.29, 0.717) is 10.0 Å². The Morgan fingerprint density at radius 3 is 2.50 bits per heavy atom. The first-order chi connectivity index (χ1) is 10.5. The van der Waals surface area contributed by atoms with E-state index in [0.717, 1.165) is 30.2 Å². The first kappa shape index (κ1) is 16.8. The minimum Gasteiger partial charge on any atom is -0.491 e. The molecule has 0 spiro atoms. The number of hydrogen-bond acceptors (Lipinski definition) is 3. The molecule has 0 radical (unpaired) electrons. The number of nitrogens with one attached hydrogen (secondary N) is 2. The Balaban J connectivity index is 1.81. The van der Waals surface area contributed by atoms with Crippen LogP contribution in [0.4, 0.5) is 11.4 Å². The molecule has 0 saturated carbocycles. The zero-order chi connectivity index (χ0) is 15.9. The molecule has 118 valence electrons. The zero-order valence-electron chi connectivity index (χ0n) is 12.7. The highest BCUT2D eigenvalue weighted by Crippen LogP contribution is 2.25. The van der Waals surface area contributed by atoms with Gasteiger partial charge in [-0.2, -0.15) is 0 Å². The van der Waals surface area contributed by atoms with Crippen molar-refractivity contribution < 1.29 is 4.74 Å². The van der Waals surface area contributed by atoms with Gasteiger partial charge in [0.05, 0.1) is 16.8 Å². The third-order valence-electron chi connectivity index (χ3n) is 2.91. The lowest BCUT2D eigenvalue weighted by Gasteiger charge is -2.13. The van der Waals surface area contributed by atoms with Crippen molar-refractivity contribution >= 4 is 34.6 Å². The highest BCUT2D eigenvalue weighted by molar-refractivity contribution is 6.36. The van der Waals surface area contributed by atoms with Gasteiger partial charge in [0.1, 0.15) is 5.75 Å². The van der Waals surface area contributed by atoms with Crippen molar-refractivity contribution in [3.8, 4) is 5.75 Å². The zero-order valence-corrected chi connectivity index (χ0v) is 14.2. The van der Waals surface area contributed by atoms with Crippen LogP contribution in [0.5, 0.6) is 5.75 Å². The average molecular weight is 339 g/mol.